The Bertz CT molecular complexity index is 513. The van der Waals surface area contributed by atoms with Crippen molar-refractivity contribution in [1.82, 2.24) is 15.6 Å². The number of nitrogens with one attached hydrogen (secondary N) is 2. The quantitative estimate of drug-likeness (QED) is 0.612. The first-order valence-corrected chi connectivity index (χ1v) is 6.17. The third kappa shape index (κ3) is 5.93. The highest BCUT2D eigenvalue weighted by Gasteiger charge is 2.21. The smallest absolute Gasteiger partial charge is 0.326 e. The number of carboxylic acids is 1. The summed E-state index contributed by atoms with van der Waals surface area (Å²) < 4.78 is 9.56. The molecule has 116 valence electrons. The average molecular weight is 299 g/mol. The number of ether oxygens (including phenoxy) is 1. The van der Waals surface area contributed by atoms with Gasteiger partial charge in [0.05, 0.1) is 19.9 Å². The summed E-state index contributed by atoms with van der Waals surface area (Å²) in [7, 11) is 1.20. The van der Waals surface area contributed by atoms with E-state index >= 15 is 0 Å². The van der Waals surface area contributed by atoms with Gasteiger partial charge in [-0.05, 0) is 13.3 Å². The summed E-state index contributed by atoms with van der Waals surface area (Å²) in [5, 5.41) is 13.6. The second-order valence-corrected chi connectivity index (χ2v) is 4.20. The Labute approximate surface area is 120 Å². The summed E-state index contributed by atoms with van der Waals surface area (Å²) in [5.74, 6) is -0.863. The van der Waals surface area contributed by atoms with Crippen molar-refractivity contribution >= 4 is 18.0 Å². The SMILES string of the molecule is COC(=O)CC[C@H](NC(=O)NCc1ncc(C)o1)C(=O)O. The number of aliphatic carboxylic acids is 1. The van der Waals surface area contributed by atoms with Crippen molar-refractivity contribution in [2.45, 2.75) is 32.4 Å². The number of oxazole rings is 1. The third-order valence-corrected chi connectivity index (χ3v) is 2.54. The normalized spacial score (nSPS) is 11.5. The number of rotatable bonds is 7. The van der Waals surface area contributed by atoms with Crippen LogP contribution in [0.1, 0.15) is 24.5 Å². The highest BCUT2D eigenvalue weighted by atomic mass is 16.5. The molecule has 9 heteroatoms. The standard InChI is InChI=1S/C12H17N3O6/c1-7-5-13-9(21-7)6-14-12(19)15-8(11(17)18)3-4-10(16)20-2/h5,8H,3-4,6H2,1-2H3,(H,17,18)(H2,14,15,19)/t8-/m0/s1. The molecule has 0 fully saturated rings. The number of amides is 2. The van der Waals surface area contributed by atoms with Gasteiger partial charge in [-0.2, -0.15) is 0 Å². The molecule has 1 rings (SSSR count). The van der Waals surface area contributed by atoms with E-state index in [9.17, 15) is 14.4 Å². The summed E-state index contributed by atoms with van der Waals surface area (Å²) >= 11 is 0. The van der Waals surface area contributed by atoms with E-state index in [-0.39, 0.29) is 19.4 Å². The first-order valence-electron chi connectivity index (χ1n) is 6.17. The van der Waals surface area contributed by atoms with Gasteiger partial charge in [0.25, 0.3) is 0 Å². The predicted molar refractivity (Wildman–Crippen MR) is 69.3 cm³/mol. The fraction of sp³-hybridized carbons (Fsp3) is 0.500. The molecule has 0 radical (unpaired) electrons. The van der Waals surface area contributed by atoms with Gasteiger partial charge in [0.15, 0.2) is 0 Å². The molecule has 21 heavy (non-hydrogen) atoms. The maximum Gasteiger partial charge on any atom is 0.326 e. The number of aryl methyl sites for hydroxylation is 1. The minimum absolute atomic E-state index is 0.0308. The molecule has 0 saturated carbocycles. The summed E-state index contributed by atoms with van der Waals surface area (Å²) in [4.78, 5) is 37.4. The number of carbonyl (C=O) groups excluding carboxylic acids is 2. The van der Waals surface area contributed by atoms with Crippen LogP contribution in [0.25, 0.3) is 0 Å². The molecule has 1 heterocycles. The van der Waals surface area contributed by atoms with Crippen LogP contribution in [0.4, 0.5) is 4.79 Å². The minimum Gasteiger partial charge on any atom is -0.480 e. The molecule has 0 unspecified atom stereocenters. The average Bonchev–Trinajstić information content (AvgIpc) is 2.86. The predicted octanol–water partition coefficient (Wildman–Crippen LogP) is 0.189. The summed E-state index contributed by atoms with van der Waals surface area (Å²) in [6, 6.07) is -1.88. The topological polar surface area (TPSA) is 131 Å². The maximum atomic E-state index is 11.6. The lowest BCUT2D eigenvalue weighted by Crippen LogP contribution is -2.46. The largest absolute Gasteiger partial charge is 0.480 e. The van der Waals surface area contributed by atoms with Gasteiger partial charge in [-0.15, -0.1) is 0 Å². The van der Waals surface area contributed by atoms with E-state index in [1.807, 2.05) is 0 Å². The van der Waals surface area contributed by atoms with Crippen molar-refractivity contribution in [3.05, 3.63) is 17.8 Å². The Morgan fingerprint density at radius 3 is 2.71 bits per heavy atom. The fourth-order valence-electron chi connectivity index (χ4n) is 1.47. The fourth-order valence-corrected chi connectivity index (χ4v) is 1.47. The van der Waals surface area contributed by atoms with Crippen molar-refractivity contribution < 1.29 is 28.6 Å². The van der Waals surface area contributed by atoms with Gasteiger partial charge in [-0.1, -0.05) is 0 Å². The minimum atomic E-state index is -1.24. The van der Waals surface area contributed by atoms with Gasteiger partial charge >= 0.3 is 18.0 Å². The van der Waals surface area contributed by atoms with Crippen molar-refractivity contribution in [2.24, 2.45) is 0 Å². The molecule has 0 aliphatic rings. The zero-order valence-corrected chi connectivity index (χ0v) is 11.7. The number of methoxy groups -OCH3 is 1. The molecule has 1 aromatic heterocycles. The summed E-state index contributed by atoms with van der Waals surface area (Å²) in [5.41, 5.74) is 0. The van der Waals surface area contributed by atoms with E-state index in [4.69, 9.17) is 9.52 Å². The highest BCUT2D eigenvalue weighted by molar-refractivity contribution is 5.83. The molecule has 2 amide bonds. The van der Waals surface area contributed by atoms with Crippen LogP contribution in [0.15, 0.2) is 10.6 Å². The van der Waals surface area contributed by atoms with Crippen molar-refractivity contribution in [3.63, 3.8) is 0 Å². The molecule has 0 saturated heterocycles. The second kappa shape index (κ2) is 7.88. The first-order chi connectivity index (χ1) is 9.92. The second-order valence-electron chi connectivity index (χ2n) is 4.20. The Hall–Kier alpha value is -2.58. The number of esters is 1. The molecular weight excluding hydrogens is 282 g/mol. The Balaban J connectivity index is 2.41. The van der Waals surface area contributed by atoms with Crippen LogP contribution in [0, 0.1) is 6.92 Å². The molecule has 0 aliphatic carbocycles. The van der Waals surface area contributed by atoms with Gasteiger partial charge in [0, 0.05) is 6.42 Å². The van der Waals surface area contributed by atoms with Gasteiger partial charge in [-0.3, -0.25) is 4.79 Å². The van der Waals surface area contributed by atoms with Crippen molar-refractivity contribution in [2.75, 3.05) is 7.11 Å². The Morgan fingerprint density at radius 2 is 2.19 bits per heavy atom. The molecule has 0 aliphatic heterocycles. The number of carboxylic acid groups (broad SMARTS) is 1. The van der Waals surface area contributed by atoms with E-state index < -0.39 is 24.0 Å². The molecule has 3 N–H and O–H groups in total. The zero-order chi connectivity index (χ0) is 15.8. The van der Waals surface area contributed by atoms with Crippen molar-refractivity contribution in [3.8, 4) is 0 Å². The van der Waals surface area contributed by atoms with Crippen LogP contribution in [-0.4, -0.2) is 41.2 Å². The highest BCUT2D eigenvalue weighted by Crippen LogP contribution is 2.02. The Morgan fingerprint density at radius 1 is 1.48 bits per heavy atom. The van der Waals surface area contributed by atoms with E-state index in [0.717, 1.165) is 0 Å². The van der Waals surface area contributed by atoms with Crippen LogP contribution < -0.4 is 10.6 Å². The number of hydrogen-bond acceptors (Lipinski definition) is 6. The number of carbonyl (C=O) groups is 3. The van der Waals surface area contributed by atoms with Crippen LogP contribution in [0.5, 0.6) is 0 Å². The van der Waals surface area contributed by atoms with Gasteiger partial charge in [-0.25, -0.2) is 14.6 Å². The zero-order valence-electron chi connectivity index (χ0n) is 11.7. The lowest BCUT2D eigenvalue weighted by atomic mass is 10.1. The number of urea groups is 1. The summed E-state index contributed by atoms with van der Waals surface area (Å²) in [6.45, 7) is 1.74. The van der Waals surface area contributed by atoms with E-state index in [1.54, 1.807) is 6.92 Å². The van der Waals surface area contributed by atoms with Crippen LogP contribution in [0.3, 0.4) is 0 Å². The molecule has 0 bridgehead atoms. The molecule has 1 atom stereocenters. The van der Waals surface area contributed by atoms with Gasteiger partial charge in [0.1, 0.15) is 11.8 Å². The lowest BCUT2D eigenvalue weighted by molar-refractivity contribution is -0.142. The van der Waals surface area contributed by atoms with Gasteiger partial charge < -0.3 is 24.9 Å². The number of aromatic nitrogens is 1. The summed E-state index contributed by atoms with van der Waals surface area (Å²) in [6.07, 6.45) is 1.34. The third-order valence-electron chi connectivity index (χ3n) is 2.54. The lowest BCUT2D eigenvalue weighted by Gasteiger charge is -2.14. The van der Waals surface area contributed by atoms with E-state index in [0.29, 0.717) is 11.7 Å². The van der Waals surface area contributed by atoms with Crippen LogP contribution >= 0.6 is 0 Å². The number of nitrogens with zero attached hydrogens (tertiary/aromatic N) is 1. The van der Waals surface area contributed by atoms with E-state index in [2.05, 4.69) is 20.4 Å². The maximum absolute atomic E-state index is 11.6. The Kier molecular flexibility index (Phi) is 6.18. The first kappa shape index (κ1) is 16.5. The van der Waals surface area contributed by atoms with Crippen LogP contribution in [0.2, 0.25) is 0 Å². The monoisotopic (exact) mass is 299 g/mol. The molecule has 0 aromatic carbocycles. The molecule has 0 spiro atoms. The molecular formula is C12H17N3O6. The van der Waals surface area contributed by atoms with Crippen molar-refractivity contribution in [1.29, 1.82) is 0 Å². The molecule has 1 aromatic rings. The van der Waals surface area contributed by atoms with Crippen LogP contribution in [-0.2, 0) is 20.9 Å². The van der Waals surface area contributed by atoms with Gasteiger partial charge in [0.2, 0.25) is 5.89 Å². The molecule has 9 nitrogen and oxygen atoms in total. The number of hydrogen-bond donors (Lipinski definition) is 3. The van der Waals surface area contributed by atoms with E-state index in [1.165, 1.54) is 13.3 Å².